The Morgan fingerprint density at radius 1 is 1.24 bits per heavy atom. The summed E-state index contributed by atoms with van der Waals surface area (Å²) in [6.07, 6.45) is 5.40. The van der Waals surface area contributed by atoms with Gasteiger partial charge in [0.1, 0.15) is 0 Å². The molecule has 0 aromatic carbocycles. The lowest BCUT2D eigenvalue weighted by Gasteiger charge is -2.06. The summed E-state index contributed by atoms with van der Waals surface area (Å²) < 4.78 is 0. The molecule has 0 radical (unpaired) electrons. The summed E-state index contributed by atoms with van der Waals surface area (Å²) in [7, 11) is 0. The van der Waals surface area contributed by atoms with E-state index in [1.165, 1.54) is 0 Å². The third kappa shape index (κ3) is 2.85. The highest BCUT2D eigenvalue weighted by Crippen LogP contribution is 2.17. The van der Waals surface area contributed by atoms with E-state index in [2.05, 4.69) is 27.2 Å². The highest BCUT2D eigenvalue weighted by Gasteiger charge is 2.05. The zero-order chi connectivity index (χ0) is 12.1. The van der Waals surface area contributed by atoms with Crippen LogP contribution in [0.3, 0.4) is 0 Å². The van der Waals surface area contributed by atoms with Gasteiger partial charge >= 0.3 is 0 Å². The molecule has 4 nitrogen and oxygen atoms in total. The van der Waals surface area contributed by atoms with Gasteiger partial charge in [-0.15, -0.1) is 0 Å². The molecule has 0 amide bonds. The van der Waals surface area contributed by atoms with Gasteiger partial charge in [0.05, 0.1) is 5.69 Å². The van der Waals surface area contributed by atoms with E-state index in [4.69, 9.17) is 0 Å². The van der Waals surface area contributed by atoms with Crippen LogP contribution in [0.2, 0.25) is 0 Å². The number of hydrogen-bond donors (Lipinski definition) is 1. The van der Waals surface area contributed by atoms with Gasteiger partial charge < -0.3 is 5.32 Å². The minimum absolute atomic E-state index is 0.764. The molecule has 0 spiro atoms. The number of nitrogens with zero attached hydrogens (tertiary/aromatic N) is 3. The number of nitrogens with one attached hydrogen (secondary N) is 1. The second-order valence-electron chi connectivity index (χ2n) is 3.84. The first-order valence-electron chi connectivity index (χ1n) is 5.75. The number of aromatic nitrogens is 3. The van der Waals surface area contributed by atoms with Gasteiger partial charge in [0.25, 0.3) is 0 Å². The van der Waals surface area contributed by atoms with Crippen LogP contribution in [0.15, 0.2) is 30.7 Å². The van der Waals surface area contributed by atoms with Gasteiger partial charge in [0.15, 0.2) is 5.82 Å². The van der Waals surface area contributed by atoms with Crippen molar-refractivity contribution in [2.45, 2.75) is 20.4 Å². The molecule has 0 aliphatic heterocycles. The molecule has 2 aromatic heterocycles. The highest BCUT2D eigenvalue weighted by molar-refractivity contribution is 5.58. The minimum atomic E-state index is 0.764. The first-order chi connectivity index (χ1) is 8.31. The zero-order valence-corrected chi connectivity index (χ0v) is 10.1. The second-order valence-corrected chi connectivity index (χ2v) is 3.84. The summed E-state index contributed by atoms with van der Waals surface area (Å²) >= 11 is 0. The van der Waals surface area contributed by atoms with E-state index in [9.17, 15) is 0 Å². The maximum absolute atomic E-state index is 4.54. The van der Waals surface area contributed by atoms with Crippen LogP contribution in [0.25, 0.3) is 11.4 Å². The molecule has 17 heavy (non-hydrogen) atoms. The predicted molar refractivity (Wildman–Crippen MR) is 67.4 cm³/mol. The maximum Gasteiger partial charge on any atom is 0.159 e. The topological polar surface area (TPSA) is 50.7 Å². The summed E-state index contributed by atoms with van der Waals surface area (Å²) in [6.45, 7) is 5.81. The third-order valence-electron chi connectivity index (χ3n) is 2.53. The monoisotopic (exact) mass is 228 g/mol. The van der Waals surface area contributed by atoms with Gasteiger partial charge in [-0.25, -0.2) is 9.97 Å². The molecule has 0 saturated carbocycles. The van der Waals surface area contributed by atoms with Crippen LogP contribution in [0, 0.1) is 6.92 Å². The summed E-state index contributed by atoms with van der Waals surface area (Å²) in [6, 6.07) is 3.88. The van der Waals surface area contributed by atoms with E-state index in [0.29, 0.717) is 0 Å². The van der Waals surface area contributed by atoms with Crippen molar-refractivity contribution in [2.24, 2.45) is 0 Å². The van der Waals surface area contributed by atoms with E-state index in [0.717, 1.165) is 35.7 Å². The van der Waals surface area contributed by atoms with Gasteiger partial charge in [-0.1, -0.05) is 6.92 Å². The smallest absolute Gasteiger partial charge is 0.159 e. The lowest BCUT2D eigenvalue weighted by atomic mass is 10.1. The summed E-state index contributed by atoms with van der Waals surface area (Å²) in [5, 5.41) is 3.26. The molecule has 0 fully saturated rings. The van der Waals surface area contributed by atoms with Gasteiger partial charge in [-0.05, 0) is 31.2 Å². The summed E-state index contributed by atoms with van der Waals surface area (Å²) in [5.74, 6) is 0.764. The molecule has 2 heterocycles. The molecular weight excluding hydrogens is 212 g/mol. The summed E-state index contributed by atoms with van der Waals surface area (Å²) in [4.78, 5) is 12.9. The molecule has 0 bridgehead atoms. The Kier molecular flexibility index (Phi) is 3.77. The van der Waals surface area contributed by atoms with E-state index < -0.39 is 0 Å². The van der Waals surface area contributed by atoms with Gasteiger partial charge in [0, 0.05) is 30.7 Å². The normalized spacial score (nSPS) is 10.5. The van der Waals surface area contributed by atoms with Gasteiger partial charge in [0.2, 0.25) is 0 Å². The fraction of sp³-hybridized carbons (Fsp3) is 0.308. The number of pyridine rings is 1. The van der Waals surface area contributed by atoms with Gasteiger partial charge in [-0.2, -0.15) is 0 Å². The number of aryl methyl sites for hydroxylation is 1. The SMILES string of the molecule is CCNCc1ccnc(-c2ccncc2C)n1. The molecule has 0 atom stereocenters. The zero-order valence-electron chi connectivity index (χ0n) is 10.1. The van der Waals surface area contributed by atoms with Crippen molar-refractivity contribution < 1.29 is 0 Å². The molecule has 1 N–H and O–H groups in total. The molecule has 0 saturated heterocycles. The Balaban J connectivity index is 2.30. The van der Waals surface area contributed by atoms with Crippen LogP contribution in [0.1, 0.15) is 18.2 Å². The largest absolute Gasteiger partial charge is 0.311 e. The van der Waals surface area contributed by atoms with Crippen molar-refractivity contribution in [3.8, 4) is 11.4 Å². The lowest BCUT2D eigenvalue weighted by Crippen LogP contribution is -2.13. The number of hydrogen-bond acceptors (Lipinski definition) is 4. The maximum atomic E-state index is 4.54. The van der Waals surface area contributed by atoms with Crippen molar-refractivity contribution in [3.63, 3.8) is 0 Å². The fourth-order valence-electron chi connectivity index (χ4n) is 1.60. The first-order valence-corrected chi connectivity index (χ1v) is 5.75. The molecule has 2 rings (SSSR count). The van der Waals surface area contributed by atoms with Crippen molar-refractivity contribution in [1.82, 2.24) is 20.3 Å². The van der Waals surface area contributed by atoms with E-state index in [1.54, 1.807) is 12.4 Å². The fourth-order valence-corrected chi connectivity index (χ4v) is 1.60. The average molecular weight is 228 g/mol. The highest BCUT2D eigenvalue weighted by atomic mass is 14.9. The molecule has 2 aromatic rings. The van der Waals surface area contributed by atoms with Crippen molar-refractivity contribution in [2.75, 3.05) is 6.54 Å². The quantitative estimate of drug-likeness (QED) is 0.869. The van der Waals surface area contributed by atoms with Crippen LogP contribution < -0.4 is 5.32 Å². The average Bonchev–Trinajstić information content (AvgIpc) is 2.37. The lowest BCUT2D eigenvalue weighted by molar-refractivity contribution is 0.709. The molecule has 0 aliphatic rings. The number of rotatable bonds is 4. The third-order valence-corrected chi connectivity index (χ3v) is 2.53. The Bertz CT molecular complexity index is 496. The molecular formula is C13H16N4. The van der Waals surface area contributed by atoms with E-state index in [1.807, 2.05) is 25.3 Å². The van der Waals surface area contributed by atoms with Crippen molar-refractivity contribution >= 4 is 0 Å². The molecule has 4 heteroatoms. The van der Waals surface area contributed by atoms with Crippen LogP contribution in [0.5, 0.6) is 0 Å². The Morgan fingerprint density at radius 3 is 2.88 bits per heavy atom. The van der Waals surface area contributed by atoms with Crippen LogP contribution in [0.4, 0.5) is 0 Å². The molecule has 88 valence electrons. The Morgan fingerprint density at radius 2 is 2.12 bits per heavy atom. The Labute approximate surface area is 101 Å². The Hall–Kier alpha value is -1.81. The van der Waals surface area contributed by atoms with Gasteiger partial charge in [-0.3, -0.25) is 4.98 Å². The molecule has 0 aliphatic carbocycles. The van der Waals surface area contributed by atoms with Crippen molar-refractivity contribution in [1.29, 1.82) is 0 Å². The van der Waals surface area contributed by atoms with Crippen LogP contribution >= 0.6 is 0 Å². The van der Waals surface area contributed by atoms with Crippen LogP contribution in [-0.4, -0.2) is 21.5 Å². The summed E-state index contributed by atoms with van der Waals surface area (Å²) in [5.41, 5.74) is 3.14. The van der Waals surface area contributed by atoms with E-state index >= 15 is 0 Å². The molecule has 0 unspecified atom stereocenters. The second kappa shape index (κ2) is 5.50. The minimum Gasteiger partial charge on any atom is -0.311 e. The predicted octanol–water partition coefficient (Wildman–Crippen LogP) is 1.96. The van der Waals surface area contributed by atoms with E-state index in [-0.39, 0.29) is 0 Å². The van der Waals surface area contributed by atoms with Crippen LogP contribution in [-0.2, 0) is 6.54 Å². The standard InChI is InChI=1S/C13H16N4/c1-3-14-9-11-4-7-16-13(17-11)12-5-6-15-8-10(12)2/h4-8,14H,3,9H2,1-2H3. The first kappa shape index (κ1) is 11.7. The van der Waals surface area contributed by atoms with Crippen molar-refractivity contribution in [3.05, 3.63) is 42.0 Å².